The predicted octanol–water partition coefficient (Wildman–Crippen LogP) is 2.88. The van der Waals surface area contributed by atoms with Crippen LogP contribution in [-0.4, -0.2) is 51.3 Å². The molecule has 2 rings (SSSR count). The van der Waals surface area contributed by atoms with Gasteiger partial charge in [-0.25, -0.2) is 0 Å². The van der Waals surface area contributed by atoms with Crippen LogP contribution in [0.1, 0.15) is 37.2 Å². The van der Waals surface area contributed by atoms with Crippen LogP contribution < -0.4 is 5.32 Å². The van der Waals surface area contributed by atoms with Crippen molar-refractivity contribution in [3.63, 3.8) is 0 Å². The predicted molar refractivity (Wildman–Crippen MR) is 88.8 cm³/mol. The van der Waals surface area contributed by atoms with Crippen molar-refractivity contribution in [1.82, 2.24) is 10.2 Å². The summed E-state index contributed by atoms with van der Waals surface area (Å²) in [5, 5.41) is 3.72. The highest BCUT2D eigenvalue weighted by Gasteiger charge is 2.21. The molecule has 1 N–H and O–H groups in total. The number of rotatable bonds is 8. The maximum absolute atomic E-state index is 5.10. The lowest BCUT2D eigenvalue weighted by Crippen LogP contribution is -2.38. The molecule has 0 atom stereocenters. The first-order valence-corrected chi connectivity index (χ1v) is 8.25. The molecule has 0 unspecified atom stereocenters. The van der Waals surface area contributed by atoms with Gasteiger partial charge in [-0.15, -0.1) is 0 Å². The molecular formula is C18H30N2O. The van der Waals surface area contributed by atoms with Crippen LogP contribution in [-0.2, 0) is 4.74 Å². The Bertz CT molecular complexity index is 374. The number of hydrogen-bond acceptors (Lipinski definition) is 3. The molecule has 0 bridgehead atoms. The Balaban J connectivity index is 1.61. The molecule has 1 fully saturated rings. The molecular weight excluding hydrogens is 260 g/mol. The van der Waals surface area contributed by atoms with Gasteiger partial charge in [-0.1, -0.05) is 30.3 Å². The Morgan fingerprint density at radius 1 is 1.10 bits per heavy atom. The van der Waals surface area contributed by atoms with Crippen LogP contribution in [0.15, 0.2) is 30.3 Å². The van der Waals surface area contributed by atoms with Gasteiger partial charge < -0.3 is 15.0 Å². The minimum absolute atomic E-state index is 0.709. The number of methoxy groups -OCH3 is 1. The highest BCUT2D eigenvalue weighted by atomic mass is 16.5. The van der Waals surface area contributed by atoms with Gasteiger partial charge in [-0.05, 0) is 44.2 Å². The van der Waals surface area contributed by atoms with Crippen molar-refractivity contribution >= 4 is 0 Å². The van der Waals surface area contributed by atoms with Gasteiger partial charge in [-0.2, -0.15) is 0 Å². The average Bonchev–Trinajstić information content (AvgIpc) is 2.54. The fourth-order valence-corrected chi connectivity index (χ4v) is 3.17. The molecule has 3 nitrogen and oxygen atoms in total. The lowest BCUT2D eigenvalue weighted by atomic mass is 9.82. The fraction of sp³-hybridized carbons (Fsp3) is 0.667. The number of hydrogen-bond donors (Lipinski definition) is 1. The molecule has 21 heavy (non-hydrogen) atoms. The monoisotopic (exact) mass is 290 g/mol. The van der Waals surface area contributed by atoms with Crippen LogP contribution in [0.3, 0.4) is 0 Å². The van der Waals surface area contributed by atoms with E-state index in [1.165, 1.54) is 31.2 Å². The zero-order valence-electron chi connectivity index (χ0n) is 13.6. The summed E-state index contributed by atoms with van der Waals surface area (Å²) in [6, 6.07) is 11.7. The van der Waals surface area contributed by atoms with Gasteiger partial charge in [0.1, 0.15) is 0 Å². The first-order valence-electron chi connectivity index (χ1n) is 8.25. The second kappa shape index (κ2) is 9.19. The summed E-state index contributed by atoms with van der Waals surface area (Å²) in [5.74, 6) is 0.772. The minimum atomic E-state index is 0.709. The van der Waals surface area contributed by atoms with Gasteiger partial charge in [0.05, 0.1) is 6.61 Å². The van der Waals surface area contributed by atoms with E-state index >= 15 is 0 Å². The standard InChI is InChI=1S/C18H30N2O/c1-20(14-15-21-2)13-12-19-18-10-8-17(9-11-18)16-6-4-3-5-7-16/h3-7,17-19H,8-15H2,1-2H3. The number of nitrogens with one attached hydrogen (secondary N) is 1. The number of ether oxygens (including phenoxy) is 1. The molecule has 0 spiro atoms. The second-order valence-electron chi connectivity index (χ2n) is 6.21. The Kier molecular flexibility index (Phi) is 7.20. The van der Waals surface area contributed by atoms with E-state index in [1.807, 2.05) is 0 Å². The van der Waals surface area contributed by atoms with Crippen molar-refractivity contribution in [3.8, 4) is 0 Å². The van der Waals surface area contributed by atoms with Crippen molar-refractivity contribution in [2.24, 2.45) is 0 Å². The Hall–Kier alpha value is -0.900. The average molecular weight is 290 g/mol. The lowest BCUT2D eigenvalue weighted by molar-refractivity contribution is 0.160. The van der Waals surface area contributed by atoms with Crippen LogP contribution in [0, 0.1) is 0 Å². The molecule has 0 heterocycles. The van der Waals surface area contributed by atoms with Gasteiger partial charge in [0.15, 0.2) is 0 Å². The molecule has 1 aromatic rings. The third-order valence-electron chi connectivity index (χ3n) is 4.60. The van der Waals surface area contributed by atoms with E-state index in [0.717, 1.165) is 32.2 Å². The van der Waals surface area contributed by atoms with Crippen LogP contribution >= 0.6 is 0 Å². The SMILES string of the molecule is COCCN(C)CCNC1CCC(c2ccccc2)CC1. The van der Waals surface area contributed by atoms with E-state index < -0.39 is 0 Å². The second-order valence-corrected chi connectivity index (χ2v) is 6.21. The highest BCUT2D eigenvalue weighted by molar-refractivity contribution is 5.20. The van der Waals surface area contributed by atoms with E-state index in [2.05, 4.69) is 47.6 Å². The number of likely N-dealkylation sites (N-methyl/N-ethyl adjacent to an activating group) is 1. The molecule has 1 aliphatic carbocycles. The maximum Gasteiger partial charge on any atom is 0.0589 e. The molecule has 0 aromatic heterocycles. The van der Waals surface area contributed by atoms with Crippen LogP contribution in [0.4, 0.5) is 0 Å². The molecule has 3 heteroatoms. The molecule has 1 aliphatic rings. The van der Waals surface area contributed by atoms with Gasteiger partial charge in [-0.3, -0.25) is 0 Å². The van der Waals surface area contributed by atoms with Crippen LogP contribution in [0.5, 0.6) is 0 Å². The van der Waals surface area contributed by atoms with Crippen molar-refractivity contribution in [2.75, 3.05) is 40.4 Å². The summed E-state index contributed by atoms with van der Waals surface area (Å²) < 4.78 is 5.10. The molecule has 118 valence electrons. The summed E-state index contributed by atoms with van der Waals surface area (Å²) in [4.78, 5) is 2.33. The van der Waals surface area contributed by atoms with Gasteiger partial charge in [0.2, 0.25) is 0 Å². The zero-order valence-corrected chi connectivity index (χ0v) is 13.6. The van der Waals surface area contributed by atoms with Crippen molar-refractivity contribution in [1.29, 1.82) is 0 Å². The third-order valence-corrected chi connectivity index (χ3v) is 4.60. The first-order chi connectivity index (χ1) is 10.3. The quantitative estimate of drug-likeness (QED) is 0.797. The van der Waals surface area contributed by atoms with E-state index in [4.69, 9.17) is 4.74 Å². The van der Waals surface area contributed by atoms with E-state index in [0.29, 0.717) is 6.04 Å². The Labute approximate surface area is 129 Å². The van der Waals surface area contributed by atoms with E-state index in [-0.39, 0.29) is 0 Å². The van der Waals surface area contributed by atoms with Gasteiger partial charge in [0, 0.05) is 32.8 Å². The van der Waals surface area contributed by atoms with Crippen LogP contribution in [0.25, 0.3) is 0 Å². The molecule has 0 aliphatic heterocycles. The van der Waals surface area contributed by atoms with E-state index in [1.54, 1.807) is 7.11 Å². The summed E-state index contributed by atoms with van der Waals surface area (Å²) in [5.41, 5.74) is 1.52. The third kappa shape index (κ3) is 5.77. The minimum Gasteiger partial charge on any atom is -0.383 e. The number of benzene rings is 1. The fourth-order valence-electron chi connectivity index (χ4n) is 3.17. The van der Waals surface area contributed by atoms with Crippen molar-refractivity contribution in [3.05, 3.63) is 35.9 Å². The van der Waals surface area contributed by atoms with E-state index in [9.17, 15) is 0 Å². The lowest BCUT2D eigenvalue weighted by Gasteiger charge is -2.30. The smallest absolute Gasteiger partial charge is 0.0589 e. The summed E-state index contributed by atoms with van der Waals surface area (Å²) in [7, 11) is 3.92. The van der Waals surface area contributed by atoms with Crippen LogP contribution in [0.2, 0.25) is 0 Å². The Morgan fingerprint density at radius 2 is 1.81 bits per heavy atom. The molecule has 1 aromatic carbocycles. The topological polar surface area (TPSA) is 24.5 Å². The van der Waals surface area contributed by atoms with Gasteiger partial charge in [0.25, 0.3) is 0 Å². The van der Waals surface area contributed by atoms with Gasteiger partial charge >= 0.3 is 0 Å². The number of nitrogens with zero attached hydrogens (tertiary/aromatic N) is 1. The maximum atomic E-state index is 5.10. The summed E-state index contributed by atoms with van der Waals surface area (Å²) in [6.45, 7) is 4.01. The normalized spacial score (nSPS) is 22.6. The highest BCUT2D eigenvalue weighted by Crippen LogP contribution is 2.32. The molecule has 0 saturated heterocycles. The first kappa shape index (κ1) is 16.5. The van der Waals surface area contributed by atoms with Crippen molar-refractivity contribution in [2.45, 2.75) is 37.6 Å². The zero-order chi connectivity index (χ0) is 14.9. The largest absolute Gasteiger partial charge is 0.383 e. The molecule has 0 radical (unpaired) electrons. The summed E-state index contributed by atoms with van der Waals surface area (Å²) >= 11 is 0. The molecule has 1 saturated carbocycles. The Morgan fingerprint density at radius 3 is 2.48 bits per heavy atom. The molecule has 0 amide bonds. The van der Waals surface area contributed by atoms with Crippen molar-refractivity contribution < 1.29 is 4.74 Å². The summed E-state index contributed by atoms with van der Waals surface area (Å²) in [6.07, 6.45) is 5.26.